The van der Waals surface area contributed by atoms with E-state index in [1.165, 1.54) is 0 Å². The third-order valence-electron chi connectivity index (χ3n) is 2.13. The summed E-state index contributed by atoms with van der Waals surface area (Å²) in [5, 5.41) is 0. The van der Waals surface area contributed by atoms with Crippen LogP contribution in [0.15, 0.2) is 22.8 Å². The zero-order valence-electron chi connectivity index (χ0n) is 9.11. The molecule has 2 N–H and O–H groups in total. The maximum Gasteiger partial charge on any atom is 0.224 e. The largest absolute Gasteiger partial charge is 0.467 e. The van der Waals surface area contributed by atoms with Crippen molar-refractivity contribution < 1.29 is 9.21 Å². The van der Waals surface area contributed by atoms with Crippen LogP contribution in [0.25, 0.3) is 0 Å². The Morgan fingerprint density at radius 3 is 2.93 bits per heavy atom. The number of hydrogen-bond acceptors (Lipinski definition) is 3. The van der Waals surface area contributed by atoms with Gasteiger partial charge in [0, 0.05) is 19.5 Å². The second kappa shape index (κ2) is 6.24. The van der Waals surface area contributed by atoms with Crippen molar-refractivity contribution in [3.05, 3.63) is 24.2 Å². The lowest BCUT2D eigenvalue weighted by Gasteiger charge is -2.20. The highest BCUT2D eigenvalue weighted by Crippen LogP contribution is 2.07. The smallest absolute Gasteiger partial charge is 0.224 e. The lowest BCUT2D eigenvalue weighted by Crippen LogP contribution is -2.32. The maximum atomic E-state index is 11.7. The first-order valence-electron chi connectivity index (χ1n) is 5.28. The predicted molar refractivity (Wildman–Crippen MR) is 58.1 cm³/mol. The maximum absolute atomic E-state index is 11.7. The van der Waals surface area contributed by atoms with Crippen molar-refractivity contribution in [2.75, 3.05) is 13.1 Å². The Labute approximate surface area is 90.0 Å². The van der Waals surface area contributed by atoms with E-state index in [-0.39, 0.29) is 5.91 Å². The van der Waals surface area contributed by atoms with Gasteiger partial charge in [0.25, 0.3) is 0 Å². The fourth-order valence-corrected chi connectivity index (χ4v) is 1.43. The van der Waals surface area contributed by atoms with Gasteiger partial charge in [0.1, 0.15) is 5.76 Å². The number of carbonyl (C=O) groups is 1. The van der Waals surface area contributed by atoms with Gasteiger partial charge >= 0.3 is 0 Å². The second-order valence-corrected chi connectivity index (χ2v) is 3.43. The van der Waals surface area contributed by atoms with Gasteiger partial charge in [-0.15, -0.1) is 0 Å². The van der Waals surface area contributed by atoms with E-state index in [0.717, 1.165) is 18.7 Å². The van der Waals surface area contributed by atoms with Crippen LogP contribution in [0.4, 0.5) is 0 Å². The van der Waals surface area contributed by atoms with Gasteiger partial charge in [-0.25, -0.2) is 0 Å². The van der Waals surface area contributed by atoms with E-state index in [0.29, 0.717) is 19.5 Å². The summed E-state index contributed by atoms with van der Waals surface area (Å²) in [4.78, 5) is 13.4. The normalized spacial score (nSPS) is 10.3. The number of amides is 1. The van der Waals surface area contributed by atoms with Crippen LogP contribution in [0.2, 0.25) is 0 Å². The number of nitrogens with two attached hydrogens (primary N) is 1. The molecule has 0 aromatic carbocycles. The van der Waals surface area contributed by atoms with Crippen molar-refractivity contribution in [3.63, 3.8) is 0 Å². The van der Waals surface area contributed by atoms with Crippen molar-refractivity contribution in [2.24, 2.45) is 5.73 Å². The molecule has 1 aromatic heterocycles. The molecule has 1 rings (SSSR count). The molecule has 1 heterocycles. The summed E-state index contributed by atoms with van der Waals surface area (Å²) >= 11 is 0. The molecular weight excluding hydrogens is 192 g/mol. The molecule has 4 nitrogen and oxygen atoms in total. The fraction of sp³-hybridized carbons (Fsp3) is 0.545. The third kappa shape index (κ3) is 3.75. The van der Waals surface area contributed by atoms with Crippen LogP contribution in [0.3, 0.4) is 0 Å². The molecule has 15 heavy (non-hydrogen) atoms. The van der Waals surface area contributed by atoms with Crippen molar-refractivity contribution in [2.45, 2.75) is 26.3 Å². The standard InChI is InChI=1S/C11H18N2O2/c1-2-7-13(11(14)5-6-12)9-10-4-3-8-15-10/h3-4,8H,2,5-7,9,12H2,1H3. The molecule has 0 radical (unpaired) electrons. The summed E-state index contributed by atoms with van der Waals surface area (Å²) in [5.74, 6) is 0.907. The number of carbonyl (C=O) groups excluding carboxylic acids is 1. The topological polar surface area (TPSA) is 59.5 Å². The van der Waals surface area contributed by atoms with Gasteiger partial charge in [-0.1, -0.05) is 6.92 Å². The monoisotopic (exact) mass is 210 g/mol. The van der Waals surface area contributed by atoms with Gasteiger partial charge in [-0.3, -0.25) is 4.79 Å². The first-order valence-corrected chi connectivity index (χ1v) is 5.28. The molecule has 0 aliphatic rings. The highest BCUT2D eigenvalue weighted by atomic mass is 16.3. The van der Waals surface area contributed by atoms with Crippen LogP contribution < -0.4 is 5.73 Å². The van der Waals surface area contributed by atoms with E-state index in [1.54, 1.807) is 11.2 Å². The van der Waals surface area contributed by atoms with E-state index < -0.39 is 0 Å². The van der Waals surface area contributed by atoms with E-state index >= 15 is 0 Å². The molecule has 0 aliphatic carbocycles. The van der Waals surface area contributed by atoms with Crippen LogP contribution >= 0.6 is 0 Å². The van der Waals surface area contributed by atoms with Crippen molar-refractivity contribution in [1.29, 1.82) is 0 Å². The Hall–Kier alpha value is -1.29. The molecule has 0 saturated carbocycles. The lowest BCUT2D eigenvalue weighted by molar-refractivity contribution is -0.131. The summed E-state index contributed by atoms with van der Waals surface area (Å²) < 4.78 is 5.21. The van der Waals surface area contributed by atoms with E-state index in [9.17, 15) is 4.79 Å². The summed E-state index contributed by atoms with van der Waals surface area (Å²) in [6.07, 6.45) is 2.96. The van der Waals surface area contributed by atoms with Gasteiger partial charge < -0.3 is 15.1 Å². The SMILES string of the molecule is CCCN(Cc1ccco1)C(=O)CCN. The summed E-state index contributed by atoms with van der Waals surface area (Å²) in [6.45, 7) is 3.74. The Balaban J connectivity index is 2.53. The number of furan rings is 1. The Morgan fingerprint density at radius 1 is 1.60 bits per heavy atom. The van der Waals surface area contributed by atoms with E-state index in [1.807, 2.05) is 19.1 Å². The Bertz CT molecular complexity index is 283. The molecule has 0 unspecified atom stereocenters. The third-order valence-corrected chi connectivity index (χ3v) is 2.13. The van der Waals surface area contributed by atoms with Crippen molar-refractivity contribution in [1.82, 2.24) is 4.90 Å². The van der Waals surface area contributed by atoms with Gasteiger partial charge in [0.05, 0.1) is 12.8 Å². The van der Waals surface area contributed by atoms with Crippen molar-refractivity contribution >= 4 is 5.91 Å². The highest BCUT2D eigenvalue weighted by molar-refractivity contribution is 5.76. The summed E-state index contributed by atoms with van der Waals surface area (Å²) in [6, 6.07) is 3.70. The van der Waals surface area contributed by atoms with E-state index in [4.69, 9.17) is 10.2 Å². The van der Waals surface area contributed by atoms with E-state index in [2.05, 4.69) is 0 Å². The minimum Gasteiger partial charge on any atom is -0.467 e. The Morgan fingerprint density at radius 2 is 2.40 bits per heavy atom. The Kier molecular flexibility index (Phi) is 4.90. The molecule has 0 aliphatic heterocycles. The van der Waals surface area contributed by atoms with Crippen LogP contribution in [0, 0.1) is 0 Å². The first-order chi connectivity index (χ1) is 7.27. The molecule has 0 atom stereocenters. The fourth-order valence-electron chi connectivity index (χ4n) is 1.43. The summed E-state index contributed by atoms with van der Waals surface area (Å²) in [7, 11) is 0. The quantitative estimate of drug-likeness (QED) is 0.771. The number of hydrogen-bond donors (Lipinski definition) is 1. The highest BCUT2D eigenvalue weighted by Gasteiger charge is 2.13. The van der Waals surface area contributed by atoms with Gasteiger partial charge in [-0.05, 0) is 18.6 Å². The van der Waals surface area contributed by atoms with Crippen LogP contribution in [-0.4, -0.2) is 23.9 Å². The van der Waals surface area contributed by atoms with Crippen LogP contribution in [0.5, 0.6) is 0 Å². The first kappa shape index (κ1) is 11.8. The molecule has 84 valence electrons. The van der Waals surface area contributed by atoms with Crippen molar-refractivity contribution in [3.8, 4) is 0 Å². The molecular formula is C11H18N2O2. The zero-order chi connectivity index (χ0) is 11.1. The number of nitrogens with zero attached hydrogens (tertiary/aromatic N) is 1. The minimum absolute atomic E-state index is 0.0933. The molecule has 1 aromatic rings. The zero-order valence-corrected chi connectivity index (χ0v) is 9.11. The lowest BCUT2D eigenvalue weighted by atomic mass is 10.3. The van der Waals surface area contributed by atoms with Gasteiger partial charge in [0.2, 0.25) is 5.91 Å². The molecule has 4 heteroatoms. The second-order valence-electron chi connectivity index (χ2n) is 3.43. The average molecular weight is 210 g/mol. The molecule has 0 saturated heterocycles. The average Bonchev–Trinajstić information content (AvgIpc) is 2.70. The number of rotatable bonds is 6. The molecule has 0 fully saturated rings. The predicted octanol–water partition coefficient (Wildman–Crippen LogP) is 1.37. The van der Waals surface area contributed by atoms with Crippen LogP contribution in [-0.2, 0) is 11.3 Å². The molecule has 0 spiro atoms. The minimum atomic E-state index is 0.0933. The van der Waals surface area contributed by atoms with Gasteiger partial charge in [-0.2, -0.15) is 0 Å². The van der Waals surface area contributed by atoms with Gasteiger partial charge in [0.15, 0.2) is 0 Å². The summed E-state index contributed by atoms with van der Waals surface area (Å²) in [5.41, 5.74) is 5.37. The molecule has 1 amide bonds. The van der Waals surface area contributed by atoms with Crippen LogP contribution in [0.1, 0.15) is 25.5 Å². The molecule has 0 bridgehead atoms.